The van der Waals surface area contributed by atoms with Crippen LogP contribution in [-0.2, 0) is 4.74 Å². The van der Waals surface area contributed by atoms with Crippen molar-refractivity contribution in [1.82, 2.24) is 10.4 Å². The van der Waals surface area contributed by atoms with Crippen LogP contribution in [0.2, 0.25) is 0 Å². The molecule has 1 aromatic carbocycles. The van der Waals surface area contributed by atoms with E-state index in [0.29, 0.717) is 24.7 Å². The van der Waals surface area contributed by atoms with Gasteiger partial charge in [0.2, 0.25) is 0 Å². The zero-order valence-electron chi connectivity index (χ0n) is 18.7. The Bertz CT molecular complexity index is 1040. The molecule has 0 bridgehead atoms. The third-order valence-corrected chi connectivity index (χ3v) is 5.71. The van der Waals surface area contributed by atoms with Gasteiger partial charge in [-0.25, -0.2) is 10.8 Å². The molecule has 0 fully saturated rings. The van der Waals surface area contributed by atoms with Crippen molar-refractivity contribution in [2.75, 3.05) is 27.4 Å². The van der Waals surface area contributed by atoms with Gasteiger partial charge >= 0.3 is 0 Å². The van der Waals surface area contributed by atoms with Crippen LogP contribution in [0.3, 0.4) is 0 Å². The molecule has 0 saturated heterocycles. The van der Waals surface area contributed by atoms with Crippen LogP contribution in [0.4, 0.5) is 0 Å². The summed E-state index contributed by atoms with van der Waals surface area (Å²) in [5, 5.41) is 9.87. The van der Waals surface area contributed by atoms with E-state index in [0.717, 1.165) is 33.5 Å². The summed E-state index contributed by atoms with van der Waals surface area (Å²) in [7, 11) is 3.65. The Balaban J connectivity index is 2.04. The predicted molar refractivity (Wildman–Crippen MR) is 121 cm³/mol. The highest BCUT2D eigenvalue weighted by Crippen LogP contribution is 2.36. The molecule has 0 radical (unpaired) electrons. The van der Waals surface area contributed by atoms with Crippen LogP contribution in [0.1, 0.15) is 33.3 Å². The SMILES string of the molecule is CC=C(N)C1=C(c2cnc3cc(OCCOC)ccc3c2)N[N+](C)(C(C)(C)C)C1=N. The summed E-state index contributed by atoms with van der Waals surface area (Å²) in [4.78, 5) is 4.65. The van der Waals surface area contributed by atoms with E-state index in [1.54, 1.807) is 7.11 Å². The summed E-state index contributed by atoms with van der Waals surface area (Å²) in [6, 6.07) is 7.91. The van der Waals surface area contributed by atoms with E-state index < -0.39 is 0 Å². The maximum absolute atomic E-state index is 8.88. The number of quaternary nitrogens is 1. The summed E-state index contributed by atoms with van der Waals surface area (Å²) in [6.07, 6.45) is 3.65. The molecule has 2 heterocycles. The molecule has 0 amide bonds. The van der Waals surface area contributed by atoms with Crippen molar-refractivity contribution in [1.29, 1.82) is 5.41 Å². The van der Waals surface area contributed by atoms with Crippen molar-refractivity contribution in [2.45, 2.75) is 33.2 Å². The van der Waals surface area contributed by atoms with E-state index in [2.05, 4.69) is 37.2 Å². The smallest absolute Gasteiger partial charge is 0.256 e. The Morgan fingerprint density at radius 3 is 2.63 bits per heavy atom. The van der Waals surface area contributed by atoms with Crippen molar-refractivity contribution in [2.24, 2.45) is 5.73 Å². The fraction of sp³-hybridized carbons (Fsp3) is 0.391. The molecule has 1 unspecified atom stereocenters. The number of fused-ring (bicyclic) bond motifs is 1. The number of nitrogens with zero attached hydrogens (tertiary/aromatic N) is 2. The Labute approximate surface area is 178 Å². The monoisotopic (exact) mass is 410 g/mol. The number of aromatic nitrogens is 1. The number of likely N-dealkylation sites (N-methyl/N-ethyl adjacent to an activating group) is 1. The van der Waals surface area contributed by atoms with Crippen LogP contribution in [0.15, 0.2) is 47.8 Å². The molecule has 30 heavy (non-hydrogen) atoms. The predicted octanol–water partition coefficient (Wildman–Crippen LogP) is 3.57. The quantitative estimate of drug-likeness (QED) is 0.500. The minimum atomic E-state index is -0.239. The number of ether oxygens (including phenoxy) is 2. The minimum Gasteiger partial charge on any atom is -0.491 e. The van der Waals surface area contributed by atoms with Gasteiger partial charge in [-0.3, -0.25) is 4.98 Å². The number of benzene rings is 1. The maximum atomic E-state index is 8.88. The molecule has 7 nitrogen and oxygen atoms in total. The van der Waals surface area contributed by atoms with Gasteiger partial charge in [0, 0.05) is 36.0 Å². The van der Waals surface area contributed by atoms with E-state index in [9.17, 15) is 0 Å². The first-order valence-corrected chi connectivity index (χ1v) is 10.0. The second-order valence-corrected chi connectivity index (χ2v) is 8.55. The van der Waals surface area contributed by atoms with Crippen molar-refractivity contribution < 1.29 is 14.1 Å². The van der Waals surface area contributed by atoms with E-state index in [1.165, 1.54) is 0 Å². The molecule has 1 aliphatic heterocycles. The zero-order valence-corrected chi connectivity index (χ0v) is 18.7. The first kappa shape index (κ1) is 21.8. The first-order chi connectivity index (χ1) is 14.1. The number of methoxy groups -OCH3 is 1. The summed E-state index contributed by atoms with van der Waals surface area (Å²) < 4.78 is 11.0. The first-order valence-electron chi connectivity index (χ1n) is 10.0. The second kappa shape index (κ2) is 8.08. The normalized spacial score (nSPS) is 20.1. The molecule has 1 atom stereocenters. The van der Waals surface area contributed by atoms with Crippen molar-refractivity contribution in [3.8, 4) is 5.75 Å². The average Bonchev–Trinajstić information content (AvgIpc) is 2.99. The summed E-state index contributed by atoms with van der Waals surface area (Å²) in [5.74, 6) is 1.20. The fourth-order valence-electron chi connectivity index (χ4n) is 3.39. The number of allylic oxidation sites excluding steroid dienone is 1. The molecule has 1 aliphatic rings. The number of hydrogen-bond acceptors (Lipinski definition) is 6. The molecule has 0 saturated carbocycles. The van der Waals surface area contributed by atoms with Crippen LogP contribution in [-0.4, -0.2) is 48.3 Å². The van der Waals surface area contributed by atoms with Crippen LogP contribution in [0, 0.1) is 5.41 Å². The fourth-order valence-corrected chi connectivity index (χ4v) is 3.39. The molecule has 3 rings (SSSR count). The summed E-state index contributed by atoms with van der Waals surface area (Å²) in [6.45, 7) is 9.22. The molecule has 160 valence electrons. The van der Waals surface area contributed by atoms with Gasteiger partial charge in [-0.05, 0) is 45.9 Å². The van der Waals surface area contributed by atoms with Crippen molar-refractivity contribution in [3.63, 3.8) is 0 Å². The third-order valence-electron chi connectivity index (χ3n) is 5.71. The lowest BCUT2D eigenvalue weighted by molar-refractivity contribution is -0.902. The maximum Gasteiger partial charge on any atom is 0.256 e. The third kappa shape index (κ3) is 3.78. The molecule has 7 heteroatoms. The van der Waals surface area contributed by atoms with Crippen LogP contribution in [0.5, 0.6) is 5.75 Å². The molecular weight excluding hydrogens is 378 g/mol. The number of nitrogens with two attached hydrogens (primary N) is 1. The molecule has 4 N–H and O–H groups in total. The largest absolute Gasteiger partial charge is 0.491 e. The number of nitrogens with one attached hydrogen (secondary N) is 2. The van der Waals surface area contributed by atoms with Crippen molar-refractivity contribution in [3.05, 3.63) is 53.4 Å². The lowest BCUT2D eigenvalue weighted by Gasteiger charge is -2.40. The van der Waals surface area contributed by atoms with Gasteiger partial charge in [0.05, 0.1) is 19.2 Å². The number of rotatable bonds is 6. The second-order valence-electron chi connectivity index (χ2n) is 8.55. The van der Waals surface area contributed by atoms with Gasteiger partial charge in [-0.1, -0.05) is 6.08 Å². The Morgan fingerprint density at radius 1 is 1.27 bits per heavy atom. The highest BCUT2D eigenvalue weighted by molar-refractivity contribution is 6.05. The lowest BCUT2D eigenvalue weighted by atomic mass is 10.0. The Hall–Kier alpha value is -2.90. The van der Waals surface area contributed by atoms with Gasteiger partial charge < -0.3 is 15.2 Å². The molecule has 0 spiro atoms. The van der Waals surface area contributed by atoms with Gasteiger partial charge in [-0.15, -0.1) is 0 Å². The van der Waals surface area contributed by atoms with Crippen LogP contribution in [0.25, 0.3) is 16.6 Å². The zero-order chi connectivity index (χ0) is 22.1. The topological polar surface area (TPSA) is 93.2 Å². The number of hydrogen-bond donors (Lipinski definition) is 3. The standard InChI is InChI=1S/C23H32N5O2/c1-7-18(24)20-21(27-28(5,22(20)25)23(2,3)4)16-12-15-8-9-17(30-11-10-29-6)13-19(15)26-14-16/h7-9,12-14,25,27H,10-11,24H2,1-6H3/q+1. The van der Waals surface area contributed by atoms with E-state index >= 15 is 0 Å². The minimum absolute atomic E-state index is 0.239. The average molecular weight is 411 g/mol. The number of pyridine rings is 1. The van der Waals surface area contributed by atoms with E-state index in [1.807, 2.05) is 44.4 Å². The van der Waals surface area contributed by atoms with Gasteiger partial charge in [0.25, 0.3) is 5.84 Å². The van der Waals surface area contributed by atoms with Crippen LogP contribution >= 0.6 is 0 Å². The highest BCUT2D eigenvalue weighted by atomic mass is 16.5. The Morgan fingerprint density at radius 2 is 2.00 bits per heavy atom. The molecular formula is C23H32N5O2+. The summed E-state index contributed by atoms with van der Waals surface area (Å²) >= 11 is 0. The highest BCUT2D eigenvalue weighted by Gasteiger charge is 2.50. The molecule has 0 aliphatic carbocycles. The number of amidine groups is 1. The summed E-state index contributed by atoms with van der Waals surface area (Å²) in [5.41, 5.74) is 13.5. The Kier molecular flexibility index (Phi) is 5.87. The van der Waals surface area contributed by atoms with E-state index in [4.69, 9.17) is 20.6 Å². The lowest BCUT2D eigenvalue weighted by Crippen LogP contribution is -2.64. The van der Waals surface area contributed by atoms with Gasteiger partial charge in [0.1, 0.15) is 29.2 Å². The van der Waals surface area contributed by atoms with Crippen LogP contribution < -0.4 is 15.9 Å². The van der Waals surface area contributed by atoms with E-state index in [-0.39, 0.29) is 10.1 Å². The van der Waals surface area contributed by atoms with Gasteiger partial charge in [-0.2, -0.15) is 4.59 Å². The van der Waals surface area contributed by atoms with Gasteiger partial charge in [0.15, 0.2) is 0 Å². The molecule has 1 aromatic heterocycles. The van der Waals surface area contributed by atoms with Crippen molar-refractivity contribution >= 4 is 22.4 Å². The molecule has 2 aromatic rings.